The van der Waals surface area contributed by atoms with Crippen LogP contribution < -0.4 is 14.2 Å². The van der Waals surface area contributed by atoms with E-state index in [-0.39, 0.29) is 11.5 Å². The molecule has 0 atom stereocenters. The van der Waals surface area contributed by atoms with Crippen molar-refractivity contribution in [1.29, 1.82) is 0 Å². The topological polar surface area (TPSA) is 47.9 Å². The predicted octanol–water partition coefficient (Wildman–Crippen LogP) is 3.09. The van der Waals surface area contributed by atoms with E-state index in [4.69, 9.17) is 14.2 Å². The number of methoxy groups -OCH3 is 3. The van der Waals surface area contributed by atoms with Crippen LogP contribution in [0.25, 0.3) is 11.1 Å². The summed E-state index contributed by atoms with van der Waals surface area (Å²) >= 11 is 0. The van der Waals surface area contributed by atoms with E-state index >= 15 is 0 Å². The number of phenols is 1. The molecule has 2 aromatic carbocycles. The van der Waals surface area contributed by atoms with E-state index in [0.717, 1.165) is 11.1 Å². The highest BCUT2D eigenvalue weighted by Crippen LogP contribution is 2.49. The zero-order valence-electron chi connectivity index (χ0n) is 11.1. The van der Waals surface area contributed by atoms with E-state index in [1.807, 2.05) is 30.3 Å². The van der Waals surface area contributed by atoms with Crippen molar-refractivity contribution in [2.45, 2.75) is 0 Å². The Morgan fingerprint density at radius 1 is 0.789 bits per heavy atom. The van der Waals surface area contributed by atoms with Crippen LogP contribution in [0.5, 0.6) is 23.0 Å². The molecule has 0 bridgehead atoms. The Hall–Kier alpha value is -2.36. The summed E-state index contributed by atoms with van der Waals surface area (Å²) in [5, 5.41) is 10.0. The molecule has 0 aliphatic rings. The van der Waals surface area contributed by atoms with Crippen molar-refractivity contribution in [3.63, 3.8) is 0 Å². The molecule has 2 aromatic rings. The lowest BCUT2D eigenvalue weighted by molar-refractivity contribution is 0.311. The maximum Gasteiger partial charge on any atom is 0.207 e. The molecule has 0 spiro atoms. The Morgan fingerprint density at radius 2 is 1.37 bits per heavy atom. The molecule has 0 heterocycles. The van der Waals surface area contributed by atoms with Crippen molar-refractivity contribution in [2.24, 2.45) is 0 Å². The first-order valence-electron chi connectivity index (χ1n) is 5.80. The zero-order valence-corrected chi connectivity index (χ0v) is 11.1. The molecule has 0 aromatic heterocycles. The SMILES string of the molecule is COc1c(O)cc(-c2ccccc2)c(OC)c1OC. The smallest absolute Gasteiger partial charge is 0.207 e. The summed E-state index contributed by atoms with van der Waals surface area (Å²) in [7, 11) is 4.54. The minimum Gasteiger partial charge on any atom is -0.504 e. The summed E-state index contributed by atoms with van der Waals surface area (Å²) in [6.07, 6.45) is 0. The normalized spacial score (nSPS) is 10.1. The molecule has 2 rings (SSSR count). The van der Waals surface area contributed by atoms with Gasteiger partial charge >= 0.3 is 0 Å². The summed E-state index contributed by atoms with van der Waals surface area (Å²) < 4.78 is 15.8. The summed E-state index contributed by atoms with van der Waals surface area (Å²) in [6, 6.07) is 11.2. The van der Waals surface area contributed by atoms with E-state index in [9.17, 15) is 5.11 Å². The Bertz CT molecular complexity index is 564. The molecule has 0 fully saturated rings. The molecule has 0 aliphatic carbocycles. The van der Waals surface area contributed by atoms with Crippen LogP contribution in [0.4, 0.5) is 0 Å². The van der Waals surface area contributed by atoms with E-state index in [0.29, 0.717) is 11.5 Å². The standard InChI is InChI=1S/C15H16O4/c1-17-13-11(10-7-5-4-6-8-10)9-12(16)14(18-2)15(13)19-3/h4-9,16H,1-3H3. The van der Waals surface area contributed by atoms with Crippen LogP contribution in [-0.4, -0.2) is 26.4 Å². The van der Waals surface area contributed by atoms with Gasteiger partial charge in [-0.3, -0.25) is 0 Å². The van der Waals surface area contributed by atoms with E-state index < -0.39 is 0 Å². The summed E-state index contributed by atoms with van der Waals surface area (Å²) in [5.41, 5.74) is 1.67. The molecule has 100 valence electrons. The molecule has 0 radical (unpaired) electrons. The lowest BCUT2D eigenvalue weighted by atomic mass is 10.0. The van der Waals surface area contributed by atoms with Gasteiger partial charge in [0, 0.05) is 5.56 Å². The highest BCUT2D eigenvalue weighted by molar-refractivity contribution is 5.79. The van der Waals surface area contributed by atoms with Crippen LogP contribution in [0.15, 0.2) is 36.4 Å². The van der Waals surface area contributed by atoms with Gasteiger partial charge in [0.05, 0.1) is 21.3 Å². The summed E-state index contributed by atoms with van der Waals surface area (Å²) in [6.45, 7) is 0. The van der Waals surface area contributed by atoms with Gasteiger partial charge in [-0.25, -0.2) is 0 Å². The molecule has 1 N–H and O–H groups in total. The van der Waals surface area contributed by atoms with E-state index in [1.54, 1.807) is 13.2 Å². The van der Waals surface area contributed by atoms with Crippen molar-refractivity contribution in [3.05, 3.63) is 36.4 Å². The second-order valence-electron chi connectivity index (χ2n) is 3.91. The minimum atomic E-state index is 0.0130. The second kappa shape index (κ2) is 5.52. The fraction of sp³-hybridized carbons (Fsp3) is 0.200. The molecule has 0 aliphatic heterocycles. The van der Waals surface area contributed by atoms with Gasteiger partial charge in [0.15, 0.2) is 11.5 Å². The predicted molar refractivity (Wildman–Crippen MR) is 73.2 cm³/mol. The van der Waals surface area contributed by atoms with Crippen molar-refractivity contribution >= 4 is 0 Å². The highest BCUT2D eigenvalue weighted by Gasteiger charge is 2.21. The fourth-order valence-electron chi connectivity index (χ4n) is 2.03. The Balaban J connectivity index is 2.72. The number of hydrogen-bond donors (Lipinski definition) is 1. The summed E-state index contributed by atoms with van der Waals surface area (Å²) in [4.78, 5) is 0. The van der Waals surface area contributed by atoms with Gasteiger partial charge < -0.3 is 19.3 Å². The zero-order chi connectivity index (χ0) is 13.8. The Kier molecular flexibility index (Phi) is 3.80. The third kappa shape index (κ3) is 2.29. The Labute approximate surface area is 112 Å². The van der Waals surface area contributed by atoms with Crippen LogP contribution in [-0.2, 0) is 0 Å². The monoisotopic (exact) mass is 260 g/mol. The number of rotatable bonds is 4. The van der Waals surface area contributed by atoms with Crippen LogP contribution in [0.3, 0.4) is 0 Å². The van der Waals surface area contributed by atoms with Crippen molar-refractivity contribution in [1.82, 2.24) is 0 Å². The molecular weight excluding hydrogens is 244 g/mol. The van der Waals surface area contributed by atoms with Gasteiger partial charge in [0.25, 0.3) is 0 Å². The van der Waals surface area contributed by atoms with Gasteiger partial charge in [0.1, 0.15) is 0 Å². The van der Waals surface area contributed by atoms with E-state index in [1.165, 1.54) is 14.2 Å². The van der Waals surface area contributed by atoms with Gasteiger partial charge in [-0.2, -0.15) is 0 Å². The molecular formula is C15H16O4. The van der Waals surface area contributed by atoms with Crippen molar-refractivity contribution in [3.8, 4) is 34.1 Å². The molecule has 4 nitrogen and oxygen atoms in total. The third-order valence-corrected chi connectivity index (χ3v) is 2.87. The molecule has 0 amide bonds. The third-order valence-electron chi connectivity index (χ3n) is 2.87. The maximum atomic E-state index is 10.0. The van der Waals surface area contributed by atoms with Gasteiger partial charge in [0.2, 0.25) is 11.5 Å². The fourth-order valence-corrected chi connectivity index (χ4v) is 2.03. The average Bonchev–Trinajstić information content (AvgIpc) is 2.46. The average molecular weight is 260 g/mol. The number of phenolic OH excluding ortho intramolecular Hbond substituents is 1. The van der Waals surface area contributed by atoms with Gasteiger partial charge in [-0.05, 0) is 11.6 Å². The quantitative estimate of drug-likeness (QED) is 0.917. The minimum absolute atomic E-state index is 0.0130. The number of ether oxygens (including phenoxy) is 3. The van der Waals surface area contributed by atoms with Gasteiger partial charge in [-0.1, -0.05) is 30.3 Å². The maximum absolute atomic E-state index is 10.0. The lowest BCUT2D eigenvalue weighted by Gasteiger charge is -2.17. The molecule has 0 saturated carbocycles. The van der Waals surface area contributed by atoms with Gasteiger partial charge in [-0.15, -0.1) is 0 Å². The molecule has 0 unspecified atom stereocenters. The van der Waals surface area contributed by atoms with Crippen LogP contribution >= 0.6 is 0 Å². The molecule has 19 heavy (non-hydrogen) atoms. The van der Waals surface area contributed by atoms with Crippen molar-refractivity contribution in [2.75, 3.05) is 21.3 Å². The number of benzene rings is 2. The van der Waals surface area contributed by atoms with E-state index in [2.05, 4.69) is 0 Å². The first-order valence-corrected chi connectivity index (χ1v) is 5.80. The van der Waals surface area contributed by atoms with Crippen LogP contribution in [0.1, 0.15) is 0 Å². The largest absolute Gasteiger partial charge is 0.504 e. The summed E-state index contributed by atoms with van der Waals surface area (Å²) in [5.74, 6) is 1.19. The number of hydrogen-bond acceptors (Lipinski definition) is 4. The second-order valence-corrected chi connectivity index (χ2v) is 3.91. The molecule has 4 heteroatoms. The van der Waals surface area contributed by atoms with Crippen LogP contribution in [0.2, 0.25) is 0 Å². The van der Waals surface area contributed by atoms with Crippen LogP contribution in [0, 0.1) is 0 Å². The lowest BCUT2D eigenvalue weighted by Crippen LogP contribution is -1.97. The Morgan fingerprint density at radius 3 is 1.89 bits per heavy atom. The highest BCUT2D eigenvalue weighted by atomic mass is 16.5. The number of aromatic hydroxyl groups is 1. The molecule has 0 saturated heterocycles. The first-order chi connectivity index (χ1) is 9.22. The van der Waals surface area contributed by atoms with Crippen molar-refractivity contribution < 1.29 is 19.3 Å². The first kappa shape index (κ1) is 13.1.